The Hall–Kier alpha value is -1.43. The summed E-state index contributed by atoms with van der Waals surface area (Å²) >= 11 is 0. The van der Waals surface area contributed by atoms with Crippen molar-refractivity contribution in [3.8, 4) is 0 Å². The monoisotopic (exact) mass is 310 g/mol. The van der Waals surface area contributed by atoms with Crippen LogP contribution in [0.1, 0.15) is 6.92 Å². The molecule has 0 saturated carbocycles. The van der Waals surface area contributed by atoms with Gasteiger partial charge in [0.1, 0.15) is 0 Å². The first-order valence-electron chi connectivity index (χ1n) is 4.59. The van der Waals surface area contributed by atoms with E-state index in [0.29, 0.717) is 0 Å². The predicted molar refractivity (Wildman–Crippen MR) is 53.1 cm³/mol. The maximum atomic E-state index is 12.9. The number of rotatable bonds is 6. The largest absolute Gasteiger partial charge is 0.441 e. The maximum absolute atomic E-state index is 12.9. The topological polar surface area (TPSA) is 113 Å². The van der Waals surface area contributed by atoms with Gasteiger partial charge in [-0.05, 0) is 0 Å². The lowest BCUT2D eigenvalue weighted by molar-refractivity contribution is -0.182. The summed E-state index contributed by atoms with van der Waals surface area (Å²) in [6, 6.07) is 0. The average Bonchev–Trinajstić information content (AvgIpc) is 2.21. The SMILES string of the molecule is CC(=O)NCCNC(=O)C(F)(F)C(F)(F)S(=O)(=O)O. The fourth-order valence-electron chi connectivity index (χ4n) is 0.820. The van der Waals surface area contributed by atoms with E-state index in [2.05, 4.69) is 5.32 Å². The van der Waals surface area contributed by atoms with Gasteiger partial charge < -0.3 is 10.6 Å². The van der Waals surface area contributed by atoms with E-state index in [1.165, 1.54) is 5.32 Å². The number of halogens is 4. The van der Waals surface area contributed by atoms with Gasteiger partial charge in [0.2, 0.25) is 5.91 Å². The molecule has 12 heteroatoms. The minimum Gasteiger partial charge on any atom is -0.355 e. The van der Waals surface area contributed by atoms with Crippen LogP contribution >= 0.6 is 0 Å². The summed E-state index contributed by atoms with van der Waals surface area (Å²) in [5, 5.41) is -2.60. The van der Waals surface area contributed by atoms with Crippen LogP contribution in [-0.4, -0.2) is 49.1 Å². The number of alkyl halides is 4. The summed E-state index contributed by atoms with van der Waals surface area (Å²) in [7, 11) is -6.46. The molecule has 0 spiro atoms. The number of carbonyl (C=O) groups excluding carboxylic acids is 2. The summed E-state index contributed by atoms with van der Waals surface area (Å²) in [4.78, 5) is 21.1. The van der Waals surface area contributed by atoms with Gasteiger partial charge in [0.25, 0.3) is 5.91 Å². The van der Waals surface area contributed by atoms with Crippen LogP contribution in [0.4, 0.5) is 17.6 Å². The van der Waals surface area contributed by atoms with Crippen LogP contribution in [0.3, 0.4) is 0 Å². The molecule has 19 heavy (non-hydrogen) atoms. The zero-order valence-corrected chi connectivity index (χ0v) is 10.2. The molecule has 7 nitrogen and oxygen atoms in total. The highest BCUT2D eigenvalue weighted by molar-refractivity contribution is 7.87. The highest BCUT2D eigenvalue weighted by atomic mass is 32.2. The molecule has 112 valence electrons. The molecule has 0 aliphatic rings. The van der Waals surface area contributed by atoms with E-state index in [0.717, 1.165) is 6.92 Å². The number of hydrogen-bond acceptors (Lipinski definition) is 4. The van der Waals surface area contributed by atoms with E-state index in [4.69, 9.17) is 4.55 Å². The summed E-state index contributed by atoms with van der Waals surface area (Å²) < 4.78 is 79.3. The second-order valence-electron chi connectivity index (χ2n) is 3.31. The van der Waals surface area contributed by atoms with Crippen molar-refractivity contribution in [3.63, 3.8) is 0 Å². The van der Waals surface area contributed by atoms with Crippen molar-refractivity contribution in [2.45, 2.75) is 18.1 Å². The molecular formula is C7H10F4N2O5S. The van der Waals surface area contributed by atoms with E-state index >= 15 is 0 Å². The molecule has 0 rings (SSSR count). The molecule has 0 aliphatic heterocycles. The molecule has 0 saturated heterocycles. The van der Waals surface area contributed by atoms with Crippen LogP contribution in [-0.2, 0) is 19.7 Å². The zero-order valence-electron chi connectivity index (χ0n) is 9.41. The van der Waals surface area contributed by atoms with Gasteiger partial charge >= 0.3 is 21.3 Å². The second-order valence-corrected chi connectivity index (χ2v) is 4.77. The van der Waals surface area contributed by atoms with Crippen molar-refractivity contribution in [3.05, 3.63) is 0 Å². The highest BCUT2D eigenvalue weighted by Gasteiger charge is 2.70. The molecule has 2 amide bonds. The Morgan fingerprint density at radius 2 is 1.53 bits per heavy atom. The highest BCUT2D eigenvalue weighted by Crippen LogP contribution is 2.38. The quantitative estimate of drug-likeness (QED) is 0.343. The molecule has 0 aliphatic carbocycles. The molecule has 0 radical (unpaired) electrons. The minimum absolute atomic E-state index is 0.325. The molecule has 0 aromatic heterocycles. The van der Waals surface area contributed by atoms with Crippen molar-refractivity contribution < 1.29 is 40.1 Å². The fourth-order valence-corrected chi connectivity index (χ4v) is 1.24. The van der Waals surface area contributed by atoms with Gasteiger partial charge in [-0.3, -0.25) is 14.1 Å². The fraction of sp³-hybridized carbons (Fsp3) is 0.714. The summed E-state index contributed by atoms with van der Waals surface area (Å²) in [5.41, 5.74) is 0. The Labute approximate surface area is 105 Å². The third kappa shape index (κ3) is 4.02. The Morgan fingerprint density at radius 1 is 1.11 bits per heavy atom. The van der Waals surface area contributed by atoms with Gasteiger partial charge in [-0.15, -0.1) is 0 Å². The molecule has 0 heterocycles. The Morgan fingerprint density at radius 3 is 1.89 bits per heavy atom. The van der Waals surface area contributed by atoms with Crippen molar-refractivity contribution in [2.75, 3.05) is 13.1 Å². The van der Waals surface area contributed by atoms with Crippen molar-refractivity contribution >= 4 is 21.9 Å². The third-order valence-electron chi connectivity index (χ3n) is 1.76. The van der Waals surface area contributed by atoms with Crippen LogP contribution < -0.4 is 10.6 Å². The van der Waals surface area contributed by atoms with Crippen LogP contribution in [0.25, 0.3) is 0 Å². The van der Waals surface area contributed by atoms with E-state index in [1.807, 2.05) is 0 Å². The summed E-state index contributed by atoms with van der Waals surface area (Å²) in [6.07, 6.45) is 0. The molecule has 3 N–H and O–H groups in total. The summed E-state index contributed by atoms with van der Waals surface area (Å²) in [5.74, 6) is -8.80. The average molecular weight is 310 g/mol. The molecule has 0 bridgehead atoms. The smallest absolute Gasteiger partial charge is 0.355 e. The first-order valence-corrected chi connectivity index (χ1v) is 6.03. The predicted octanol–water partition coefficient (Wildman–Crippen LogP) is -0.645. The normalized spacial score (nSPS) is 12.9. The number of carbonyl (C=O) groups is 2. The van der Waals surface area contributed by atoms with E-state index in [9.17, 15) is 35.6 Å². The number of nitrogens with one attached hydrogen (secondary N) is 2. The molecule has 0 aromatic rings. The van der Waals surface area contributed by atoms with Gasteiger partial charge in [0.05, 0.1) is 0 Å². The standard InChI is InChI=1S/C7H10F4N2O5S/c1-4(14)12-2-3-13-5(15)6(8,9)7(10,11)19(16,17)18/h2-3H2,1H3,(H,12,14)(H,13,15)(H,16,17,18). The number of hydrogen-bond donors (Lipinski definition) is 3. The van der Waals surface area contributed by atoms with Crippen LogP contribution in [0.15, 0.2) is 0 Å². The Kier molecular flexibility index (Phi) is 5.26. The van der Waals surface area contributed by atoms with Crippen molar-refractivity contribution in [1.29, 1.82) is 0 Å². The summed E-state index contributed by atoms with van der Waals surface area (Å²) in [6.45, 7) is 0.132. The minimum atomic E-state index is -6.46. The second kappa shape index (κ2) is 5.69. The zero-order chi connectivity index (χ0) is 15.5. The van der Waals surface area contributed by atoms with Gasteiger partial charge in [-0.2, -0.15) is 26.0 Å². The van der Waals surface area contributed by atoms with E-state index in [1.54, 1.807) is 0 Å². The van der Waals surface area contributed by atoms with E-state index < -0.39 is 39.7 Å². The Balaban J connectivity index is 4.74. The van der Waals surface area contributed by atoms with E-state index in [-0.39, 0.29) is 6.54 Å². The maximum Gasteiger partial charge on any atom is 0.441 e. The molecule has 0 unspecified atom stereocenters. The molecular weight excluding hydrogens is 300 g/mol. The lowest BCUT2D eigenvalue weighted by atomic mass is 10.3. The molecule has 0 fully saturated rings. The lowest BCUT2D eigenvalue weighted by Gasteiger charge is -2.22. The third-order valence-corrected chi connectivity index (χ3v) is 2.66. The Bertz CT molecular complexity index is 464. The first kappa shape index (κ1) is 17.6. The van der Waals surface area contributed by atoms with Crippen molar-refractivity contribution in [1.82, 2.24) is 10.6 Å². The van der Waals surface area contributed by atoms with Crippen LogP contribution in [0.2, 0.25) is 0 Å². The number of amides is 2. The first-order chi connectivity index (χ1) is 8.34. The lowest BCUT2D eigenvalue weighted by Crippen LogP contribution is -2.56. The van der Waals surface area contributed by atoms with Gasteiger partial charge in [0.15, 0.2) is 0 Å². The molecule has 0 atom stereocenters. The van der Waals surface area contributed by atoms with Crippen LogP contribution in [0, 0.1) is 0 Å². The van der Waals surface area contributed by atoms with Gasteiger partial charge in [-0.25, -0.2) is 0 Å². The van der Waals surface area contributed by atoms with Crippen LogP contribution in [0.5, 0.6) is 0 Å². The van der Waals surface area contributed by atoms with Crippen molar-refractivity contribution in [2.24, 2.45) is 0 Å². The van der Waals surface area contributed by atoms with Gasteiger partial charge in [-0.1, -0.05) is 0 Å². The van der Waals surface area contributed by atoms with Gasteiger partial charge in [0, 0.05) is 20.0 Å². The molecule has 0 aromatic carbocycles.